The fourth-order valence-corrected chi connectivity index (χ4v) is 3.05. The van der Waals surface area contributed by atoms with Gasteiger partial charge in [0.05, 0.1) is 18.2 Å². The Bertz CT molecular complexity index is 762. The zero-order valence-corrected chi connectivity index (χ0v) is 16.3. The Morgan fingerprint density at radius 1 is 1.28 bits per heavy atom. The number of ether oxygens (including phenoxy) is 1. The Labute approximate surface area is 165 Å². The van der Waals surface area contributed by atoms with Crippen molar-refractivity contribution in [2.45, 2.75) is 64.0 Å². The van der Waals surface area contributed by atoms with E-state index in [1.807, 2.05) is 0 Å². The Morgan fingerprint density at radius 3 is 2.48 bits per heavy atom. The number of rotatable bonds is 4. The van der Waals surface area contributed by atoms with E-state index in [-0.39, 0.29) is 18.4 Å². The Hall–Kier alpha value is -2.36. The van der Waals surface area contributed by atoms with Gasteiger partial charge in [-0.05, 0) is 51.8 Å². The van der Waals surface area contributed by atoms with Crippen LogP contribution in [0.2, 0.25) is 0 Å². The predicted octanol–water partition coefficient (Wildman–Crippen LogP) is 3.22. The molecule has 162 valence electrons. The molecule has 0 bridgehead atoms. The standard InChI is InChI=1S/C19H24F4N2O4/c1-18(2,3)29-17(28)24-15-7-5-13(10-26)25(16(15)27)9-11-8-12(19(21,22)23)4-6-14(11)20/h4,6,8,13,15,26H,5,7,9-10H2,1-3H3,(H,24,28)/t13-,15+/m0/s1. The van der Waals surface area contributed by atoms with Crippen LogP contribution in [-0.4, -0.2) is 46.3 Å². The summed E-state index contributed by atoms with van der Waals surface area (Å²) >= 11 is 0. The number of hydrogen-bond donors (Lipinski definition) is 2. The first kappa shape index (κ1) is 22.9. The lowest BCUT2D eigenvalue weighted by Gasteiger charge is -2.39. The molecule has 1 aliphatic heterocycles. The van der Waals surface area contributed by atoms with Gasteiger partial charge >= 0.3 is 12.3 Å². The molecule has 1 saturated heterocycles. The number of carbonyl (C=O) groups excluding carboxylic acids is 2. The van der Waals surface area contributed by atoms with Crippen molar-refractivity contribution in [3.05, 3.63) is 35.1 Å². The summed E-state index contributed by atoms with van der Waals surface area (Å²) < 4.78 is 58.0. The van der Waals surface area contributed by atoms with E-state index < -0.39 is 60.4 Å². The van der Waals surface area contributed by atoms with Crippen LogP contribution in [0, 0.1) is 5.82 Å². The van der Waals surface area contributed by atoms with Crippen molar-refractivity contribution in [1.82, 2.24) is 10.2 Å². The molecule has 2 amide bonds. The number of carbonyl (C=O) groups is 2. The number of alkyl halides is 3. The SMILES string of the molecule is CC(C)(C)OC(=O)N[C@@H]1CC[C@@H](CO)N(Cc2cc(C(F)(F)F)ccc2F)C1=O. The number of nitrogens with one attached hydrogen (secondary N) is 1. The monoisotopic (exact) mass is 420 g/mol. The molecule has 2 rings (SSSR count). The van der Waals surface area contributed by atoms with Gasteiger partial charge < -0.3 is 20.1 Å². The zero-order chi connectivity index (χ0) is 22.0. The van der Waals surface area contributed by atoms with E-state index in [2.05, 4.69) is 5.32 Å². The van der Waals surface area contributed by atoms with Gasteiger partial charge in [0.2, 0.25) is 5.91 Å². The van der Waals surface area contributed by atoms with E-state index in [9.17, 15) is 32.3 Å². The molecule has 1 aromatic rings. The van der Waals surface area contributed by atoms with Crippen LogP contribution in [0.1, 0.15) is 44.7 Å². The van der Waals surface area contributed by atoms with Crippen LogP contribution in [0.3, 0.4) is 0 Å². The third-order valence-electron chi connectivity index (χ3n) is 4.43. The summed E-state index contributed by atoms with van der Waals surface area (Å²) in [5.74, 6) is -1.53. The number of amides is 2. The van der Waals surface area contributed by atoms with Gasteiger partial charge in [-0.1, -0.05) is 0 Å². The van der Waals surface area contributed by atoms with Crippen molar-refractivity contribution in [3.63, 3.8) is 0 Å². The van der Waals surface area contributed by atoms with E-state index in [0.717, 1.165) is 4.90 Å². The number of halogens is 4. The largest absolute Gasteiger partial charge is 0.444 e. The molecule has 0 aromatic heterocycles. The highest BCUT2D eigenvalue weighted by molar-refractivity contribution is 5.86. The smallest absolute Gasteiger partial charge is 0.416 e. The zero-order valence-electron chi connectivity index (χ0n) is 16.3. The van der Waals surface area contributed by atoms with Crippen LogP contribution >= 0.6 is 0 Å². The van der Waals surface area contributed by atoms with Crippen LogP contribution in [0.25, 0.3) is 0 Å². The maximum atomic E-state index is 14.1. The maximum absolute atomic E-state index is 14.1. The van der Waals surface area contributed by atoms with Crippen LogP contribution in [0.15, 0.2) is 18.2 Å². The molecular weight excluding hydrogens is 396 g/mol. The molecule has 0 unspecified atom stereocenters. The van der Waals surface area contributed by atoms with Gasteiger partial charge in [0, 0.05) is 12.1 Å². The summed E-state index contributed by atoms with van der Waals surface area (Å²) in [6.45, 7) is 4.05. The average molecular weight is 420 g/mol. The molecule has 10 heteroatoms. The molecule has 0 spiro atoms. The van der Waals surface area contributed by atoms with Gasteiger partial charge in [0.1, 0.15) is 17.5 Å². The Kier molecular flexibility index (Phi) is 6.77. The van der Waals surface area contributed by atoms with E-state index in [0.29, 0.717) is 18.2 Å². The van der Waals surface area contributed by atoms with Crippen LogP contribution in [0.5, 0.6) is 0 Å². The first-order valence-electron chi connectivity index (χ1n) is 9.08. The first-order chi connectivity index (χ1) is 13.3. The van der Waals surface area contributed by atoms with Crippen molar-refractivity contribution in [3.8, 4) is 0 Å². The number of benzene rings is 1. The quantitative estimate of drug-likeness (QED) is 0.734. The van der Waals surface area contributed by atoms with Gasteiger partial charge in [-0.2, -0.15) is 13.2 Å². The number of alkyl carbamates (subject to hydrolysis) is 1. The Morgan fingerprint density at radius 2 is 1.93 bits per heavy atom. The molecule has 1 fully saturated rings. The van der Waals surface area contributed by atoms with Crippen LogP contribution < -0.4 is 5.32 Å². The third-order valence-corrected chi connectivity index (χ3v) is 4.43. The maximum Gasteiger partial charge on any atom is 0.416 e. The molecule has 29 heavy (non-hydrogen) atoms. The molecule has 0 saturated carbocycles. The van der Waals surface area contributed by atoms with Gasteiger partial charge in [-0.25, -0.2) is 9.18 Å². The highest BCUT2D eigenvalue weighted by atomic mass is 19.4. The second kappa shape index (κ2) is 8.56. The van der Waals surface area contributed by atoms with Gasteiger partial charge in [0.15, 0.2) is 0 Å². The van der Waals surface area contributed by atoms with Crippen molar-refractivity contribution >= 4 is 12.0 Å². The van der Waals surface area contributed by atoms with Crippen molar-refractivity contribution < 1.29 is 37.0 Å². The molecule has 2 N–H and O–H groups in total. The average Bonchev–Trinajstić information content (AvgIpc) is 2.57. The highest BCUT2D eigenvalue weighted by Crippen LogP contribution is 2.31. The van der Waals surface area contributed by atoms with Gasteiger partial charge in [-0.3, -0.25) is 4.79 Å². The van der Waals surface area contributed by atoms with Crippen molar-refractivity contribution in [1.29, 1.82) is 0 Å². The van der Waals surface area contributed by atoms with E-state index >= 15 is 0 Å². The summed E-state index contributed by atoms with van der Waals surface area (Å²) in [5.41, 5.74) is -2.15. The fraction of sp³-hybridized carbons (Fsp3) is 0.579. The predicted molar refractivity (Wildman–Crippen MR) is 95.2 cm³/mol. The van der Waals surface area contributed by atoms with Gasteiger partial charge in [-0.15, -0.1) is 0 Å². The number of aliphatic hydroxyl groups is 1. The normalized spacial score (nSPS) is 20.6. The van der Waals surface area contributed by atoms with E-state index in [4.69, 9.17) is 4.74 Å². The number of likely N-dealkylation sites (tertiary alicyclic amines) is 1. The number of hydrogen-bond acceptors (Lipinski definition) is 4. The Balaban J connectivity index is 2.21. The highest BCUT2D eigenvalue weighted by Gasteiger charge is 2.37. The number of aliphatic hydroxyl groups excluding tert-OH is 1. The third kappa shape index (κ3) is 6.06. The van der Waals surface area contributed by atoms with E-state index in [1.54, 1.807) is 20.8 Å². The molecular formula is C19H24F4N2O4. The molecule has 6 nitrogen and oxygen atoms in total. The molecule has 1 heterocycles. The minimum atomic E-state index is -4.66. The lowest BCUT2D eigenvalue weighted by molar-refractivity contribution is -0.141. The van der Waals surface area contributed by atoms with E-state index in [1.165, 1.54) is 0 Å². The van der Waals surface area contributed by atoms with Crippen molar-refractivity contribution in [2.24, 2.45) is 0 Å². The first-order valence-corrected chi connectivity index (χ1v) is 9.08. The molecule has 0 aliphatic carbocycles. The lowest BCUT2D eigenvalue weighted by atomic mass is 9.96. The molecule has 2 atom stereocenters. The number of piperidine rings is 1. The summed E-state index contributed by atoms with van der Waals surface area (Å²) in [4.78, 5) is 25.8. The molecule has 1 aromatic carbocycles. The summed E-state index contributed by atoms with van der Waals surface area (Å²) in [5, 5.41) is 12.0. The summed E-state index contributed by atoms with van der Waals surface area (Å²) in [6.07, 6.45) is -4.98. The molecule has 0 radical (unpaired) electrons. The molecule has 1 aliphatic rings. The van der Waals surface area contributed by atoms with Crippen LogP contribution in [0.4, 0.5) is 22.4 Å². The fourth-order valence-electron chi connectivity index (χ4n) is 3.05. The topological polar surface area (TPSA) is 78.9 Å². The lowest BCUT2D eigenvalue weighted by Crippen LogP contribution is -2.57. The summed E-state index contributed by atoms with van der Waals surface area (Å²) in [7, 11) is 0. The van der Waals surface area contributed by atoms with Crippen molar-refractivity contribution in [2.75, 3.05) is 6.61 Å². The van der Waals surface area contributed by atoms with Gasteiger partial charge in [0.25, 0.3) is 0 Å². The minimum absolute atomic E-state index is 0.213. The minimum Gasteiger partial charge on any atom is -0.444 e. The second-order valence-corrected chi connectivity index (χ2v) is 7.88. The summed E-state index contributed by atoms with van der Waals surface area (Å²) in [6, 6.07) is 0.265. The second-order valence-electron chi connectivity index (χ2n) is 7.88. The number of nitrogens with zero attached hydrogens (tertiary/aromatic N) is 1. The van der Waals surface area contributed by atoms with Crippen LogP contribution in [-0.2, 0) is 22.3 Å².